The zero-order chi connectivity index (χ0) is 15.6. The zero-order valence-electron chi connectivity index (χ0n) is 10.8. The number of hydrogen-bond acceptors (Lipinski definition) is 6. The van der Waals surface area contributed by atoms with Crippen molar-refractivity contribution in [1.82, 2.24) is 5.01 Å². The van der Waals surface area contributed by atoms with Gasteiger partial charge in [-0.05, 0) is 23.8 Å². The van der Waals surface area contributed by atoms with Crippen molar-refractivity contribution in [2.24, 2.45) is 11.6 Å². The largest absolute Gasteiger partial charge is 0.477 e. The Morgan fingerprint density at radius 2 is 1.90 bits per heavy atom. The topological polar surface area (TPSA) is 136 Å². The summed E-state index contributed by atoms with van der Waals surface area (Å²) in [6, 6.07) is 5.66. The van der Waals surface area contributed by atoms with Crippen LogP contribution in [0.3, 0.4) is 0 Å². The Kier molecular flexibility index (Phi) is 3.72. The van der Waals surface area contributed by atoms with E-state index in [4.69, 9.17) is 16.7 Å². The van der Waals surface area contributed by atoms with Crippen molar-refractivity contribution in [2.75, 3.05) is 0 Å². The van der Waals surface area contributed by atoms with Crippen molar-refractivity contribution in [3.05, 3.63) is 69.7 Å². The third kappa shape index (κ3) is 2.74. The predicted octanol–water partition coefficient (Wildman–Crippen LogP) is 0.936. The number of carbonyl (C=O) groups is 1. The Morgan fingerprint density at radius 3 is 2.43 bits per heavy atom. The summed E-state index contributed by atoms with van der Waals surface area (Å²) < 4.78 is 0. The highest BCUT2D eigenvalue weighted by Gasteiger charge is 2.21. The molecule has 1 aliphatic rings. The molecular weight excluding hydrogens is 276 g/mol. The highest BCUT2D eigenvalue weighted by Crippen LogP contribution is 2.30. The first kappa shape index (κ1) is 14.3. The Hall–Kier alpha value is -3.13. The number of nitro groups is 1. The lowest BCUT2D eigenvalue weighted by Crippen LogP contribution is -2.31. The van der Waals surface area contributed by atoms with Crippen molar-refractivity contribution < 1.29 is 14.8 Å². The second-order valence-corrected chi connectivity index (χ2v) is 4.20. The Labute approximate surface area is 119 Å². The number of non-ortho nitro benzene ring substituents is 1. The van der Waals surface area contributed by atoms with Crippen LogP contribution >= 0.6 is 0 Å². The van der Waals surface area contributed by atoms with Gasteiger partial charge >= 0.3 is 5.97 Å². The maximum absolute atomic E-state index is 11.1. The molecule has 0 saturated heterocycles. The van der Waals surface area contributed by atoms with Crippen LogP contribution in [0.2, 0.25) is 0 Å². The monoisotopic (exact) mass is 288 g/mol. The normalized spacial score (nSPS) is 16.4. The number of allylic oxidation sites excluding steroid dienone is 3. The maximum atomic E-state index is 11.1. The van der Waals surface area contributed by atoms with Crippen LogP contribution in [0.4, 0.5) is 5.69 Å². The number of aliphatic carboxylic acids is 1. The molecule has 1 aliphatic heterocycles. The van der Waals surface area contributed by atoms with Gasteiger partial charge in [0.05, 0.1) is 10.6 Å². The molecule has 21 heavy (non-hydrogen) atoms. The molecule has 0 radical (unpaired) electrons. The summed E-state index contributed by atoms with van der Waals surface area (Å²) in [5.41, 5.74) is 6.25. The van der Waals surface area contributed by atoms with Crippen LogP contribution < -0.4 is 11.6 Å². The minimum absolute atomic E-state index is 0.0629. The van der Waals surface area contributed by atoms with Gasteiger partial charge < -0.3 is 10.8 Å². The first-order chi connectivity index (χ1) is 9.91. The SMILES string of the molecule is N/C(C(=O)O)=C1/C(c2ccc([N+](=O)[O-])cc2)=CC=CN1N. The first-order valence-electron chi connectivity index (χ1n) is 5.82. The third-order valence-corrected chi connectivity index (χ3v) is 2.90. The van der Waals surface area contributed by atoms with Crippen molar-refractivity contribution in [3.63, 3.8) is 0 Å². The number of benzene rings is 1. The first-order valence-corrected chi connectivity index (χ1v) is 5.82. The van der Waals surface area contributed by atoms with Crippen molar-refractivity contribution in [3.8, 4) is 0 Å². The average molecular weight is 288 g/mol. The molecule has 1 aromatic rings. The molecule has 0 saturated carbocycles. The summed E-state index contributed by atoms with van der Waals surface area (Å²) in [7, 11) is 0. The number of nitrogens with zero attached hydrogens (tertiary/aromatic N) is 2. The second kappa shape index (κ2) is 5.47. The average Bonchev–Trinajstić information content (AvgIpc) is 2.46. The molecule has 1 heterocycles. The second-order valence-electron chi connectivity index (χ2n) is 4.20. The van der Waals surface area contributed by atoms with Crippen LogP contribution in [0, 0.1) is 10.1 Å². The Morgan fingerprint density at radius 1 is 1.29 bits per heavy atom. The van der Waals surface area contributed by atoms with Crippen LogP contribution in [0.25, 0.3) is 5.57 Å². The lowest BCUT2D eigenvalue weighted by molar-refractivity contribution is -0.384. The van der Waals surface area contributed by atoms with Crippen LogP contribution in [0.5, 0.6) is 0 Å². The molecule has 0 amide bonds. The number of carboxylic acids is 1. The van der Waals surface area contributed by atoms with Crippen LogP contribution in [0.1, 0.15) is 5.56 Å². The molecule has 5 N–H and O–H groups in total. The van der Waals surface area contributed by atoms with Crippen molar-refractivity contribution >= 4 is 17.2 Å². The summed E-state index contributed by atoms with van der Waals surface area (Å²) in [5, 5.41) is 20.8. The maximum Gasteiger partial charge on any atom is 0.354 e. The Balaban J connectivity index is 2.52. The van der Waals surface area contributed by atoms with Gasteiger partial charge in [0, 0.05) is 23.9 Å². The lowest BCUT2D eigenvalue weighted by Gasteiger charge is -2.24. The van der Waals surface area contributed by atoms with E-state index in [1.165, 1.54) is 30.5 Å². The van der Waals surface area contributed by atoms with E-state index in [2.05, 4.69) is 0 Å². The number of nitro benzene ring substituents is 1. The summed E-state index contributed by atoms with van der Waals surface area (Å²) in [4.78, 5) is 21.2. The minimum Gasteiger partial charge on any atom is -0.477 e. The highest BCUT2D eigenvalue weighted by atomic mass is 16.6. The van der Waals surface area contributed by atoms with Crippen molar-refractivity contribution in [1.29, 1.82) is 0 Å². The molecule has 108 valence electrons. The molecule has 2 rings (SSSR count). The van der Waals surface area contributed by atoms with Crippen LogP contribution in [0.15, 0.2) is 54.0 Å². The number of nitrogens with two attached hydrogens (primary N) is 2. The summed E-state index contributed by atoms with van der Waals surface area (Å²) in [6.07, 6.45) is 4.71. The van der Waals surface area contributed by atoms with E-state index >= 15 is 0 Å². The molecule has 0 atom stereocenters. The molecular formula is C13H12N4O4. The van der Waals surface area contributed by atoms with Crippen LogP contribution in [-0.4, -0.2) is 21.0 Å². The van der Waals surface area contributed by atoms with Gasteiger partial charge in [0.15, 0.2) is 0 Å². The molecule has 0 unspecified atom stereocenters. The Bertz CT molecular complexity index is 689. The fourth-order valence-electron chi connectivity index (χ4n) is 1.91. The van der Waals surface area contributed by atoms with Crippen molar-refractivity contribution in [2.45, 2.75) is 0 Å². The van der Waals surface area contributed by atoms with Gasteiger partial charge in [-0.2, -0.15) is 0 Å². The van der Waals surface area contributed by atoms with Gasteiger partial charge in [-0.25, -0.2) is 10.6 Å². The van der Waals surface area contributed by atoms with E-state index in [9.17, 15) is 14.9 Å². The summed E-state index contributed by atoms with van der Waals surface area (Å²) in [5.74, 6) is 4.42. The predicted molar refractivity (Wildman–Crippen MR) is 75.1 cm³/mol. The fourth-order valence-corrected chi connectivity index (χ4v) is 1.91. The zero-order valence-corrected chi connectivity index (χ0v) is 10.8. The summed E-state index contributed by atoms with van der Waals surface area (Å²) in [6.45, 7) is 0. The van der Waals surface area contributed by atoms with Gasteiger partial charge in [-0.3, -0.25) is 15.1 Å². The molecule has 8 nitrogen and oxygen atoms in total. The van der Waals surface area contributed by atoms with Gasteiger partial charge in [0.2, 0.25) is 0 Å². The van der Waals surface area contributed by atoms with Crippen LogP contribution in [-0.2, 0) is 4.79 Å². The van der Waals surface area contributed by atoms with E-state index in [1.54, 1.807) is 12.2 Å². The minimum atomic E-state index is -1.30. The van der Waals surface area contributed by atoms with E-state index < -0.39 is 16.6 Å². The molecule has 8 heteroatoms. The third-order valence-electron chi connectivity index (χ3n) is 2.90. The quantitative estimate of drug-likeness (QED) is 0.326. The summed E-state index contributed by atoms with van der Waals surface area (Å²) >= 11 is 0. The standard InChI is InChI=1S/C13H12N4O4/c14-11(13(18)19)12-10(2-1-7-16(12)15)8-3-5-9(6-4-8)17(20)21/h1-7H,14-15H2,(H,18,19)/b12-11-. The van der Waals surface area contributed by atoms with E-state index in [1.807, 2.05) is 0 Å². The number of hydrogen-bond donors (Lipinski definition) is 3. The van der Waals surface area contributed by atoms with Gasteiger partial charge in [0.1, 0.15) is 5.70 Å². The molecule has 0 aromatic heterocycles. The fraction of sp³-hybridized carbons (Fsp3) is 0. The highest BCUT2D eigenvalue weighted by molar-refractivity contribution is 5.93. The number of rotatable bonds is 3. The van der Waals surface area contributed by atoms with Gasteiger partial charge in [0.25, 0.3) is 5.69 Å². The molecule has 0 fully saturated rings. The number of carboxylic acid groups (broad SMARTS) is 1. The van der Waals surface area contributed by atoms with E-state index in [0.29, 0.717) is 11.1 Å². The molecule has 1 aromatic carbocycles. The molecule has 0 spiro atoms. The number of hydrazine groups is 1. The lowest BCUT2D eigenvalue weighted by atomic mass is 9.98. The van der Waals surface area contributed by atoms with E-state index in [0.717, 1.165) is 5.01 Å². The molecule has 0 bridgehead atoms. The van der Waals surface area contributed by atoms with Gasteiger partial charge in [-0.1, -0.05) is 6.08 Å². The van der Waals surface area contributed by atoms with Gasteiger partial charge in [-0.15, -0.1) is 0 Å². The molecule has 0 aliphatic carbocycles. The van der Waals surface area contributed by atoms with E-state index in [-0.39, 0.29) is 11.4 Å². The smallest absolute Gasteiger partial charge is 0.354 e.